The standard InChI is InChI=1S/C21H26O5/c1-14(2)8-6-9-15(3)12-13-25-17-11-7-10-16-18(17)26-21(22)20(24-5)19(16)23-4/h7-8,10-12H,6,9,13H2,1-5H3/b15-12+. The van der Waals surface area contributed by atoms with Gasteiger partial charge in [-0.1, -0.05) is 23.3 Å². The van der Waals surface area contributed by atoms with Crippen LogP contribution in [0.5, 0.6) is 17.2 Å². The highest BCUT2D eigenvalue weighted by Crippen LogP contribution is 2.36. The molecule has 1 heterocycles. The molecule has 2 aromatic rings. The Labute approximate surface area is 153 Å². The van der Waals surface area contributed by atoms with Crippen molar-refractivity contribution in [2.24, 2.45) is 0 Å². The Balaban J connectivity index is 2.22. The van der Waals surface area contributed by atoms with Gasteiger partial charge in [-0.15, -0.1) is 0 Å². The van der Waals surface area contributed by atoms with E-state index in [9.17, 15) is 4.79 Å². The molecule has 0 radical (unpaired) electrons. The van der Waals surface area contributed by atoms with Crippen LogP contribution in [0.15, 0.2) is 50.7 Å². The van der Waals surface area contributed by atoms with Gasteiger partial charge in [0.05, 0.1) is 19.6 Å². The lowest BCUT2D eigenvalue weighted by atomic mass is 10.1. The highest BCUT2D eigenvalue weighted by molar-refractivity contribution is 5.89. The lowest BCUT2D eigenvalue weighted by Gasteiger charge is -2.11. The van der Waals surface area contributed by atoms with Gasteiger partial charge >= 0.3 is 5.63 Å². The first-order valence-corrected chi connectivity index (χ1v) is 8.57. The molecule has 0 N–H and O–H groups in total. The third kappa shape index (κ3) is 4.69. The van der Waals surface area contributed by atoms with Crippen LogP contribution >= 0.6 is 0 Å². The predicted molar refractivity (Wildman–Crippen MR) is 104 cm³/mol. The number of rotatable bonds is 8. The molecular formula is C21H26O5. The van der Waals surface area contributed by atoms with Crippen LogP contribution in [0, 0.1) is 0 Å². The van der Waals surface area contributed by atoms with E-state index in [0.717, 1.165) is 12.8 Å². The van der Waals surface area contributed by atoms with E-state index in [2.05, 4.69) is 26.8 Å². The van der Waals surface area contributed by atoms with Gasteiger partial charge in [0, 0.05) is 0 Å². The molecule has 0 saturated heterocycles. The Morgan fingerprint density at radius 2 is 1.81 bits per heavy atom. The maximum atomic E-state index is 12.1. The molecule has 26 heavy (non-hydrogen) atoms. The number of hydrogen-bond acceptors (Lipinski definition) is 5. The average Bonchev–Trinajstić information content (AvgIpc) is 2.60. The minimum atomic E-state index is -0.596. The van der Waals surface area contributed by atoms with Crippen LogP contribution in [0.2, 0.25) is 0 Å². The summed E-state index contributed by atoms with van der Waals surface area (Å²) < 4.78 is 21.6. The predicted octanol–water partition coefficient (Wildman–Crippen LogP) is 4.88. The van der Waals surface area contributed by atoms with Gasteiger partial charge in [0.1, 0.15) is 6.61 Å². The van der Waals surface area contributed by atoms with Gasteiger partial charge in [0.25, 0.3) is 0 Å². The van der Waals surface area contributed by atoms with Gasteiger partial charge in [-0.05, 0) is 51.8 Å². The van der Waals surface area contributed by atoms with Crippen molar-refractivity contribution in [2.45, 2.75) is 33.6 Å². The molecule has 0 bridgehead atoms. The van der Waals surface area contributed by atoms with Crippen LogP contribution in [-0.2, 0) is 0 Å². The zero-order valence-corrected chi connectivity index (χ0v) is 16.0. The summed E-state index contributed by atoms with van der Waals surface area (Å²) in [6, 6.07) is 5.39. The topological polar surface area (TPSA) is 57.9 Å². The van der Waals surface area contributed by atoms with Gasteiger partial charge < -0.3 is 18.6 Å². The second-order valence-electron chi connectivity index (χ2n) is 6.27. The fourth-order valence-corrected chi connectivity index (χ4v) is 2.61. The molecule has 2 rings (SSSR count). The normalized spacial score (nSPS) is 11.3. The smallest absolute Gasteiger partial charge is 0.383 e. The molecule has 0 spiro atoms. The lowest BCUT2D eigenvalue weighted by Crippen LogP contribution is -2.07. The summed E-state index contributed by atoms with van der Waals surface area (Å²) in [6.07, 6.45) is 6.27. The molecule has 0 aliphatic rings. The van der Waals surface area contributed by atoms with Gasteiger partial charge in [-0.25, -0.2) is 4.79 Å². The number of fused-ring (bicyclic) bond motifs is 1. The van der Waals surface area contributed by atoms with E-state index < -0.39 is 5.63 Å². The highest BCUT2D eigenvalue weighted by Gasteiger charge is 2.18. The molecule has 0 aliphatic heterocycles. The Kier molecular flexibility index (Phi) is 6.89. The van der Waals surface area contributed by atoms with Gasteiger partial charge in [0.2, 0.25) is 5.75 Å². The summed E-state index contributed by atoms with van der Waals surface area (Å²) in [5.41, 5.74) is 2.33. The minimum absolute atomic E-state index is 0.0483. The maximum absolute atomic E-state index is 12.1. The second-order valence-corrected chi connectivity index (χ2v) is 6.27. The Bertz CT molecular complexity index is 870. The van der Waals surface area contributed by atoms with E-state index >= 15 is 0 Å². The maximum Gasteiger partial charge on any atom is 0.383 e. The first-order valence-electron chi connectivity index (χ1n) is 8.57. The monoisotopic (exact) mass is 358 g/mol. The number of ether oxygens (including phenoxy) is 3. The summed E-state index contributed by atoms with van der Waals surface area (Å²) >= 11 is 0. The highest BCUT2D eigenvalue weighted by atomic mass is 16.5. The Morgan fingerprint density at radius 1 is 1.08 bits per heavy atom. The third-order valence-electron chi connectivity index (χ3n) is 3.98. The minimum Gasteiger partial charge on any atom is -0.492 e. The largest absolute Gasteiger partial charge is 0.492 e. The molecule has 1 aromatic heterocycles. The first-order chi connectivity index (χ1) is 12.5. The quantitative estimate of drug-likeness (QED) is 0.497. The fraction of sp³-hybridized carbons (Fsp3) is 0.381. The molecule has 140 valence electrons. The molecule has 0 fully saturated rings. The first kappa shape index (κ1) is 19.6. The summed E-state index contributed by atoms with van der Waals surface area (Å²) in [6.45, 7) is 6.68. The van der Waals surface area contributed by atoms with E-state index in [4.69, 9.17) is 18.6 Å². The molecular weight excluding hydrogens is 332 g/mol. The zero-order valence-electron chi connectivity index (χ0n) is 16.0. The van der Waals surface area contributed by atoms with Crippen molar-refractivity contribution in [1.82, 2.24) is 0 Å². The van der Waals surface area contributed by atoms with Crippen molar-refractivity contribution in [1.29, 1.82) is 0 Å². The second kappa shape index (κ2) is 9.13. The fourth-order valence-electron chi connectivity index (χ4n) is 2.61. The van der Waals surface area contributed by atoms with Gasteiger partial charge in [0.15, 0.2) is 17.1 Å². The van der Waals surface area contributed by atoms with E-state index in [0.29, 0.717) is 29.1 Å². The number of allylic oxidation sites excluding steroid dienone is 3. The molecule has 0 amide bonds. The number of para-hydroxylation sites is 1. The molecule has 5 heteroatoms. The van der Waals surface area contributed by atoms with Crippen LogP contribution in [0.25, 0.3) is 11.0 Å². The van der Waals surface area contributed by atoms with Crippen LogP contribution < -0.4 is 19.8 Å². The number of hydrogen-bond donors (Lipinski definition) is 0. The van der Waals surface area contributed by atoms with E-state index in [1.165, 1.54) is 25.4 Å². The summed E-state index contributed by atoms with van der Waals surface area (Å²) in [5, 5.41) is 0.630. The van der Waals surface area contributed by atoms with Crippen molar-refractivity contribution < 1.29 is 18.6 Å². The van der Waals surface area contributed by atoms with Crippen LogP contribution in [0.1, 0.15) is 33.6 Å². The van der Waals surface area contributed by atoms with Crippen LogP contribution in [-0.4, -0.2) is 20.8 Å². The number of methoxy groups -OCH3 is 2. The van der Waals surface area contributed by atoms with Gasteiger partial charge in [-0.3, -0.25) is 0 Å². The van der Waals surface area contributed by atoms with Crippen molar-refractivity contribution in [3.8, 4) is 17.2 Å². The van der Waals surface area contributed by atoms with E-state index in [1.807, 2.05) is 12.1 Å². The van der Waals surface area contributed by atoms with E-state index in [1.54, 1.807) is 12.1 Å². The molecule has 0 aliphatic carbocycles. The van der Waals surface area contributed by atoms with Crippen LogP contribution in [0.4, 0.5) is 0 Å². The lowest BCUT2D eigenvalue weighted by molar-refractivity contribution is 0.331. The average molecular weight is 358 g/mol. The van der Waals surface area contributed by atoms with E-state index in [-0.39, 0.29) is 5.75 Å². The SMILES string of the molecule is COc1c(OC)c2cccc(OC/C=C(\C)CCC=C(C)C)c2oc1=O. The zero-order chi connectivity index (χ0) is 19.1. The summed E-state index contributed by atoms with van der Waals surface area (Å²) in [4.78, 5) is 12.1. The third-order valence-corrected chi connectivity index (χ3v) is 3.98. The number of benzene rings is 1. The molecule has 1 aromatic carbocycles. The van der Waals surface area contributed by atoms with Crippen molar-refractivity contribution >= 4 is 11.0 Å². The summed E-state index contributed by atoms with van der Waals surface area (Å²) in [5.74, 6) is 0.888. The summed E-state index contributed by atoms with van der Waals surface area (Å²) in [7, 11) is 2.90. The molecule has 5 nitrogen and oxygen atoms in total. The van der Waals surface area contributed by atoms with Crippen molar-refractivity contribution in [3.63, 3.8) is 0 Å². The molecule has 0 atom stereocenters. The van der Waals surface area contributed by atoms with Crippen LogP contribution in [0.3, 0.4) is 0 Å². The Hall–Kier alpha value is -2.69. The Morgan fingerprint density at radius 3 is 2.46 bits per heavy atom. The van der Waals surface area contributed by atoms with Crippen molar-refractivity contribution in [2.75, 3.05) is 20.8 Å². The van der Waals surface area contributed by atoms with Gasteiger partial charge in [-0.2, -0.15) is 0 Å². The molecule has 0 unspecified atom stereocenters. The molecule has 0 saturated carbocycles. The van der Waals surface area contributed by atoms with Crippen molar-refractivity contribution in [3.05, 3.63) is 51.9 Å².